The van der Waals surface area contributed by atoms with E-state index in [1.54, 1.807) is 42.5 Å². The van der Waals surface area contributed by atoms with Crippen LogP contribution in [-0.4, -0.2) is 18.4 Å². The van der Waals surface area contributed by atoms with Crippen LogP contribution in [0.5, 0.6) is 11.5 Å². The third-order valence-corrected chi connectivity index (χ3v) is 6.20. The number of allylic oxidation sites excluding steroid dienone is 2. The summed E-state index contributed by atoms with van der Waals surface area (Å²) < 4.78 is 31.3. The summed E-state index contributed by atoms with van der Waals surface area (Å²) in [5.41, 5.74) is 1.98. The fourth-order valence-corrected chi connectivity index (χ4v) is 4.28. The van der Waals surface area contributed by atoms with E-state index in [9.17, 15) is 23.6 Å². The number of nitro groups is 1. The standard InChI is InChI=1S/C25H23NO6S/c1-4-6-18-10-13-24(32-33(30,31)20-11-8-17(3)9-12-20)21(14-18)22-15-19(7-5-2)16-23(25(22)27)26(28)29/h4-5,8-16,27H,1-2,6-7H2,3H3. The molecule has 3 aromatic carbocycles. The number of nitro benzene ring substituents is 1. The minimum Gasteiger partial charge on any atom is -0.502 e. The lowest BCUT2D eigenvalue weighted by Gasteiger charge is -2.15. The van der Waals surface area contributed by atoms with Gasteiger partial charge in [-0.1, -0.05) is 35.9 Å². The Morgan fingerprint density at radius 2 is 1.58 bits per heavy atom. The molecule has 0 aliphatic rings. The molecule has 0 aromatic heterocycles. The third-order valence-electron chi connectivity index (χ3n) is 4.95. The van der Waals surface area contributed by atoms with Gasteiger partial charge in [0.2, 0.25) is 5.75 Å². The number of benzene rings is 3. The Labute approximate surface area is 192 Å². The average Bonchev–Trinajstić information content (AvgIpc) is 2.76. The first-order valence-electron chi connectivity index (χ1n) is 10.0. The first-order chi connectivity index (χ1) is 15.7. The highest BCUT2D eigenvalue weighted by atomic mass is 32.2. The summed E-state index contributed by atoms with van der Waals surface area (Å²) in [5, 5.41) is 22.2. The van der Waals surface area contributed by atoms with Gasteiger partial charge >= 0.3 is 15.8 Å². The Hall–Kier alpha value is -3.91. The van der Waals surface area contributed by atoms with E-state index in [-0.39, 0.29) is 21.8 Å². The zero-order valence-corrected chi connectivity index (χ0v) is 18.8. The van der Waals surface area contributed by atoms with Gasteiger partial charge in [-0.3, -0.25) is 10.1 Å². The Bertz CT molecular complexity index is 1330. The van der Waals surface area contributed by atoms with E-state index in [1.807, 2.05) is 6.92 Å². The maximum Gasteiger partial charge on any atom is 0.339 e. The van der Waals surface area contributed by atoms with E-state index in [0.717, 1.165) is 11.1 Å². The van der Waals surface area contributed by atoms with E-state index in [0.29, 0.717) is 18.4 Å². The summed E-state index contributed by atoms with van der Waals surface area (Å²) >= 11 is 0. The third kappa shape index (κ3) is 5.30. The van der Waals surface area contributed by atoms with Crippen LogP contribution in [0.15, 0.2) is 84.8 Å². The SMILES string of the molecule is C=CCc1ccc(OS(=O)(=O)c2ccc(C)cc2)c(-c2cc(CC=C)cc([N+](=O)[O-])c2O)c1. The van der Waals surface area contributed by atoms with Crippen molar-refractivity contribution < 1.29 is 22.6 Å². The van der Waals surface area contributed by atoms with Gasteiger partial charge in [0.25, 0.3) is 0 Å². The van der Waals surface area contributed by atoms with Crippen LogP contribution in [0.4, 0.5) is 5.69 Å². The second-order valence-corrected chi connectivity index (χ2v) is 8.98. The van der Waals surface area contributed by atoms with Crippen molar-refractivity contribution in [2.75, 3.05) is 0 Å². The number of rotatable bonds is 9. The van der Waals surface area contributed by atoms with Crippen LogP contribution in [0.25, 0.3) is 11.1 Å². The Kier molecular flexibility index (Phi) is 6.98. The molecule has 170 valence electrons. The highest BCUT2D eigenvalue weighted by Gasteiger charge is 2.25. The molecule has 0 spiro atoms. The molecule has 0 amide bonds. The molecule has 0 saturated carbocycles. The van der Waals surface area contributed by atoms with Crippen LogP contribution in [0, 0.1) is 17.0 Å². The number of hydrogen-bond acceptors (Lipinski definition) is 6. The van der Waals surface area contributed by atoms with Crippen molar-refractivity contribution >= 4 is 15.8 Å². The Morgan fingerprint density at radius 1 is 0.970 bits per heavy atom. The van der Waals surface area contributed by atoms with Crippen molar-refractivity contribution in [1.29, 1.82) is 0 Å². The van der Waals surface area contributed by atoms with E-state index in [2.05, 4.69) is 13.2 Å². The summed E-state index contributed by atoms with van der Waals surface area (Å²) in [6.07, 6.45) is 4.03. The van der Waals surface area contributed by atoms with E-state index in [4.69, 9.17) is 4.18 Å². The molecule has 0 bridgehead atoms. The van der Waals surface area contributed by atoms with Crippen LogP contribution in [0.2, 0.25) is 0 Å². The smallest absolute Gasteiger partial charge is 0.339 e. The maximum absolute atomic E-state index is 12.9. The number of phenolic OH excluding ortho intramolecular Hbond substituents is 1. The van der Waals surface area contributed by atoms with Gasteiger partial charge in [-0.15, -0.1) is 13.2 Å². The van der Waals surface area contributed by atoms with Gasteiger partial charge < -0.3 is 9.29 Å². The first kappa shape index (κ1) is 23.7. The molecule has 0 saturated heterocycles. The minimum absolute atomic E-state index is 0.0372. The summed E-state index contributed by atoms with van der Waals surface area (Å²) in [4.78, 5) is 10.8. The van der Waals surface area contributed by atoms with E-state index >= 15 is 0 Å². The van der Waals surface area contributed by atoms with Crippen LogP contribution >= 0.6 is 0 Å². The van der Waals surface area contributed by atoms with Crippen molar-refractivity contribution in [1.82, 2.24) is 0 Å². The molecule has 0 aliphatic carbocycles. The van der Waals surface area contributed by atoms with Crippen LogP contribution in [0.1, 0.15) is 16.7 Å². The van der Waals surface area contributed by atoms with Gasteiger partial charge in [0.15, 0.2) is 5.75 Å². The largest absolute Gasteiger partial charge is 0.502 e. The molecule has 0 atom stereocenters. The molecule has 8 heteroatoms. The number of hydrogen-bond donors (Lipinski definition) is 1. The van der Waals surface area contributed by atoms with Gasteiger partial charge in [-0.25, -0.2) is 0 Å². The van der Waals surface area contributed by atoms with Crippen molar-refractivity contribution in [3.8, 4) is 22.6 Å². The van der Waals surface area contributed by atoms with Crippen molar-refractivity contribution in [3.05, 3.63) is 107 Å². The highest BCUT2D eigenvalue weighted by molar-refractivity contribution is 7.87. The Morgan fingerprint density at radius 3 is 2.18 bits per heavy atom. The second-order valence-electron chi connectivity index (χ2n) is 7.43. The van der Waals surface area contributed by atoms with Crippen LogP contribution in [0.3, 0.4) is 0 Å². The predicted molar refractivity (Wildman–Crippen MR) is 127 cm³/mol. The lowest BCUT2D eigenvalue weighted by atomic mass is 9.96. The number of nitrogens with zero attached hydrogens (tertiary/aromatic N) is 1. The van der Waals surface area contributed by atoms with E-state index < -0.39 is 26.5 Å². The summed E-state index contributed by atoms with van der Waals surface area (Å²) in [6, 6.07) is 13.7. The molecule has 0 heterocycles. The predicted octanol–water partition coefficient (Wildman–Crippen LogP) is 5.50. The van der Waals surface area contributed by atoms with Crippen molar-refractivity contribution in [2.45, 2.75) is 24.7 Å². The molecule has 0 fully saturated rings. The fourth-order valence-electron chi connectivity index (χ4n) is 3.33. The summed E-state index contributed by atoms with van der Waals surface area (Å²) in [7, 11) is -4.20. The lowest BCUT2D eigenvalue weighted by molar-refractivity contribution is -0.385. The molecular formula is C25H23NO6S. The van der Waals surface area contributed by atoms with Gasteiger partial charge in [-0.2, -0.15) is 8.42 Å². The highest BCUT2D eigenvalue weighted by Crippen LogP contribution is 2.43. The quantitative estimate of drug-likeness (QED) is 0.194. The molecule has 3 rings (SSSR count). The van der Waals surface area contributed by atoms with Crippen LogP contribution < -0.4 is 4.18 Å². The maximum atomic E-state index is 12.9. The number of phenols is 1. The van der Waals surface area contributed by atoms with Crippen molar-refractivity contribution in [3.63, 3.8) is 0 Å². The molecular weight excluding hydrogens is 442 g/mol. The first-order valence-corrected chi connectivity index (χ1v) is 11.4. The van der Waals surface area contributed by atoms with Crippen molar-refractivity contribution in [2.24, 2.45) is 0 Å². The minimum atomic E-state index is -4.20. The molecule has 0 radical (unpaired) electrons. The summed E-state index contributed by atoms with van der Waals surface area (Å²) in [6.45, 7) is 9.19. The van der Waals surface area contributed by atoms with E-state index in [1.165, 1.54) is 24.3 Å². The summed E-state index contributed by atoms with van der Waals surface area (Å²) in [5.74, 6) is -0.648. The molecule has 7 nitrogen and oxygen atoms in total. The van der Waals surface area contributed by atoms with Gasteiger partial charge in [0, 0.05) is 17.2 Å². The normalized spacial score (nSPS) is 11.1. The Balaban J connectivity index is 2.22. The molecule has 33 heavy (non-hydrogen) atoms. The monoisotopic (exact) mass is 465 g/mol. The van der Waals surface area contributed by atoms with Gasteiger partial charge in [0.05, 0.1) is 4.92 Å². The fraction of sp³-hybridized carbons (Fsp3) is 0.120. The van der Waals surface area contributed by atoms with Crippen LogP contribution in [-0.2, 0) is 23.0 Å². The van der Waals surface area contributed by atoms with Gasteiger partial charge in [-0.05, 0) is 61.2 Å². The molecule has 0 unspecified atom stereocenters. The average molecular weight is 466 g/mol. The zero-order chi connectivity index (χ0) is 24.2. The zero-order valence-electron chi connectivity index (χ0n) is 18.0. The van der Waals surface area contributed by atoms with Gasteiger partial charge in [0.1, 0.15) is 4.90 Å². The molecule has 1 N–H and O–H groups in total. The molecule has 3 aromatic rings. The number of aryl methyl sites for hydroxylation is 1. The topological polar surface area (TPSA) is 107 Å². The molecule has 0 aliphatic heterocycles. The second kappa shape index (κ2) is 9.70. The number of aromatic hydroxyl groups is 1. The lowest BCUT2D eigenvalue weighted by Crippen LogP contribution is -2.10.